The van der Waals surface area contributed by atoms with E-state index in [2.05, 4.69) is 22.5 Å². The standard InChI is InChI=1S/C39H49N3O10/c1-21(35(48)42-29(36(49)50)16-22-19-40-28-7-5-4-6-25(22)28)41-32(46)10-11-33(47)52-20-31(45)39(51)15-13-27-26-9-8-23-17-24(43)12-14-37(23,2)34(26)30(44)18-38(27,39)3/h4-7,17,19,21,26-27,29-30,34,40,44,51H,8-16,18,20H2,1-3H3,(H,41,46)(H,42,48)(H,49,50). The summed E-state index contributed by atoms with van der Waals surface area (Å²) in [4.78, 5) is 78.7. The summed E-state index contributed by atoms with van der Waals surface area (Å²) < 4.78 is 5.22. The number of hydrogen-bond acceptors (Lipinski definition) is 9. The third-order valence-corrected chi connectivity index (χ3v) is 12.9. The highest BCUT2D eigenvalue weighted by molar-refractivity contribution is 5.93. The molecule has 13 heteroatoms. The lowest BCUT2D eigenvalue weighted by molar-refractivity contribution is -0.184. The molecule has 0 radical (unpaired) electrons. The van der Waals surface area contributed by atoms with Gasteiger partial charge < -0.3 is 35.7 Å². The number of aromatic amines is 1. The van der Waals surface area contributed by atoms with Crippen molar-refractivity contribution in [3.05, 3.63) is 47.7 Å². The van der Waals surface area contributed by atoms with Crippen molar-refractivity contribution in [2.24, 2.45) is 28.6 Å². The Morgan fingerprint density at radius 1 is 1.04 bits per heavy atom. The van der Waals surface area contributed by atoms with Gasteiger partial charge in [-0.2, -0.15) is 0 Å². The van der Waals surface area contributed by atoms with E-state index in [4.69, 9.17) is 4.74 Å². The number of esters is 1. The van der Waals surface area contributed by atoms with Gasteiger partial charge in [-0.05, 0) is 86.3 Å². The first kappa shape index (κ1) is 37.4. The number of ketones is 2. The summed E-state index contributed by atoms with van der Waals surface area (Å²) in [6.45, 7) is 4.71. The molecule has 6 rings (SSSR count). The van der Waals surface area contributed by atoms with E-state index in [0.29, 0.717) is 24.8 Å². The highest BCUT2D eigenvalue weighted by Crippen LogP contribution is 2.67. The van der Waals surface area contributed by atoms with Crippen molar-refractivity contribution >= 4 is 46.2 Å². The topological polar surface area (TPSA) is 212 Å². The average molecular weight is 720 g/mol. The van der Waals surface area contributed by atoms with Crippen LogP contribution in [0, 0.1) is 28.6 Å². The van der Waals surface area contributed by atoms with E-state index in [1.165, 1.54) is 6.92 Å². The maximum atomic E-state index is 13.6. The van der Waals surface area contributed by atoms with Crippen molar-refractivity contribution in [1.82, 2.24) is 15.6 Å². The minimum absolute atomic E-state index is 0.0218. The summed E-state index contributed by atoms with van der Waals surface area (Å²) in [7, 11) is 0. The molecule has 280 valence electrons. The number of carboxylic acids is 1. The number of carbonyl (C=O) groups is 6. The summed E-state index contributed by atoms with van der Waals surface area (Å²) in [5.41, 5.74) is -0.382. The number of fused-ring (bicyclic) bond motifs is 6. The molecular formula is C39H49N3O10. The van der Waals surface area contributed by atoms with Gasteiger partial charge in [-0.1, -0.05) is 37.6 Å². The summed E-state index contributed by atoms with van der Waals surface area (Å²) >= 11 is 0. The molecule has 0 aliphatic heterocycles. The first-order valence-corrected chi connectivity index (χ1v) is 18.3. The fourth-order valence-electron chi connectivity index (χ4n) is 10.1. The van der Waals surface area contributed by atoms with Crippen LogP contribution < -0.4 is 10.6 Å². The van der Waals surface area contributed by atoms with Gasteiger partial charge in [0.1, 0.15) is 17.7 Å². The molecule has 9 atom stereocenters. The number of rotatable bonds is 12. The summed E-state index contributed by atoms with van der Waals surface area (Å²) in [6, 6.07) is 5.04. The smallest absolute Gasteiger partial charge is 0.326 e. The molecule has 0 saturated heterocycles. The number of carboxylic acid groups (broad SMARTS) is 1. The van der Waals surface area contributed by atoms with Crippen LogP contribution in [0.3, 0.4) is 0 Å². The van der Waals surface area contributed by atoms with Gasteiger partial charge in [0.05, 0.1) is 12.5 Å². The van der Waals surface area contributed by atoms with E-state index in [1.54, 1.807) is 12.3 Å². The highest BCUT2D eigenvalue weighted by Gasteiger charge is 2.68. The van der Waals surface area contributed by atoms with Crippen molar-refractivity contribution in [3.63, 3.8) is 0 Å². The average Bonchev–Trinajstić information content (AvgIpc) is 3.63. The van der Waals surface area contributed by atoms with E-state index >= 15 is 0 Å². The molecule has 4 aliphatic rings. The van der Waals surface area contributed by atoms with Crippen LogP contribution in [-0.4, -0.2) is 86.0 Å². The van der Waals surface area contributed by atoms with E-state index in [1.807, 2.05) is 31.2 Å². The zero-order valence-corrected chi connectivity index (χ0v) is 29.9. The van der Waals surface area contributed by atoms with E-state index in [0.717, 1.165) is 29.3 Å². The number of hydrogen-bond donors (Lipinski definition) is 6. The number of nitrogens with one attached hydrogen (secondary N) is 3. The highest BCUT2D eigenvalue weighted by atomic mass is 16.5. The van der Waals surface area contributed by atoms with Gasteiger partial charge in [0.15, 0.2) is 12.4 Å². The van der Waals surface area contributed by atoms with Crippen molar-refractivity contribution in [3.8, 4) is 0 Å². The van der Waals surface area contributed by atoms with Crippen LogP contribution in [0.4, 0.5) is 0 Å². The number of benzene rings is 1. The number of H-pyrrole nitrogens is 1. The minimum Gasteiger partial charge on any atom is -0.480 e. The Balaban J connectivity index is 0.978. The Morgan fingerprint density at radius 3 is 2.54 bits per heavy atom. The monoisotopic (exact) mass is 719 g/mol. The first-order chi connectivity index (χ1) is 24.6. The summed E-state index contributed by atoms with van der Waals surface area (Å²) in [6.07, 6.45) is 5.61. The van der Waals surface area contributed by atoms with Crippen LogP contribution in [0.1, 0.15) is 84.1 Å². The number of aliphatic hydroxyl groups excluding tert-OH is 1. The SMILES string of the molecule is CC(NC(=O)CCC(=O)OCC(=O)C1(O)CCC2C3CCC4=CC(=O)CCC4(C)C3C(O)CC21C)C(=O)NC(Cc1c[nH]c2ccccc12)C(=O)O. The van der Waals surface area contributed by atoms with Gasteiger partial charge in [-0.3, -0.25) is 24.0 Å². The molecule has 6 N–H and O–H groups in total. The Hall–Kier alpha value is -4.36. The minimum atomic E-state index is -1.80. The zero-order valence-electron chi connectivity index (χ0n) is 29.9. The van der Waals surface area contributed by atoms with Crippen LogP contribution >= 0.6 is 0 Å². The maximum Gasteiger partial charge on any atom is 0.326 e. The number of aromatic nitrogens is 1. The van der Waals surface area contributed by atoms with Crippen molar-refractivity contribution in [1.29, 1.82) is 0 Å². The third kappa shape index (κ3) is 6.68. The van der Waals surface area contributed by atoms with Crippen molar-refractivity contribution in [2.75, 3.05) is 6.61 Å². The summed E-state index contributed by atoms with van der Waals surface area (Å²) in [5, 5.41) is 39.0. The van der Waals surface area contributed by atoms with E-state index < -0.39 is 65.3 Å². The van der Waals surface area contributed by atoms with Gasteiger partial charge in [-0.25, -0.2) is 4.79 Å². The Kier molecular flexibility index (Phi) is 10.2. The quantitative estimate of drug-likeness (QED) is 0.177. The van der Waals surface area contributed by atoms with Crippen LogP contribution in [-0.2, 0) is 39.9 Å². The van der Waals surface area contributed by atoms with Crippen molar-refractivity contribution in [2.45, 2.75) is 109 Å². The zero-order chi connectivity index (χ0) is 37.6. The van der Waals surface area contributed by atoms with Crippen LogP contribution in [0.5, 0.6) is 0 Å². The van der Waals surface area contributed by atoms with Gasteiger partial charge in [-0.15, -0.1) is 0 Å². The number of ether oxygens (including phenoxy) is 1. The molecule has 9 unspecified atom stereocenters. The molecule has 3 saturated carbocycles. The molecule has 1 heterocycles. The fourth-order valence-corrected chi connectivity index (χ4v) is 10.1. The number of carbonyl (C=O) groups excluding carboxylic acids is 5. The summed E-state index contributed by atoms with van der Waals surface area (Å²) in [5.74, 6) is -3.96. The third-order valence-electron chi connectivity index (χ3n) is 12.9. The lowest BCUT2D eigenvalue weighted by Gasteiger charge is -2.60. The molecule has 52 heavy (non-hydrogen) atoms. The lowest BCUT2D eigenvalue weighted by atomic mass is 9.45. The first-order valence-electron chi connectivity index (χ1n) is 18.3. The number of allylic oxidation sites excluding steroid dienone is 1. The number of amides is 2. The number of para-hydroxylation sites is 1. The Bertz CT molecular complexity index is 1820. The number of aliphatic carboxylic acids is 1. The molecule has 13 nitrogen and oxygen atoms in total. The number of aliphatic hydroxyl groups is 2. The van der Waals surface area contributed by atoms with Crippen molar-refractivity contribution < 1.29 is 48.8 Å². The molecule has 0 bridgehead atoms. The molecule has 1 aromatic carbocycles. The van der Waals surface area contributed by atoms with E-state index in [9.17, 15) is 44.1 Å². The largest absolute Gasteiger partial charge is 0.480 e. The molecular weight excluding hydrogens is 670 g/mol. The number of Topliss-reactive ketones (excluding diaryl/α,β-unsaturated/α-hetero) is 1. The molecule has 0 spiro atoms. The predicted molar refractivity (Wildman–Crippen MR) is 187 cm³/mol. The molecule has 3 fully saturated rings. The Labute approximate surface area is 301 Å². The van der Waals surface area contributed by atoms with Gasteiger partial charge in [0.25, 0.3) is 0 Å². The molecule has 2 amide bonds. The second-order valence-corrected chi connectivity index (χ2v) is 15.8. The van der Waals surface area contributed by atoms with Gasteiger partial charge >= 0.3 is 11.9 Å². The van der Waals surface area contributed by atoms with Crippen LogP contribution in [0.2, 0.25) is 0 Å². The maximum absolute atomic E-state index is 13.6. The predicted octanol–water partition coefficient (Wildman–Crippen LogP) is 2.91. The molecule has 2 aromatic rings. The second kappa shape index (κ2) is 14.2. The Morgan fingerprint density at radius 2 is 1.79 bits per heavy atom. The molecule has 4 aliphatic carbocycles. The van der Waals surface area contributed by atoms with Gasteiger partial charge in [0, 0.05) is 41.8 Å². The fraction of sp³-hybridized carbons (Fsp3) is 0.590. The second-order valence-electron chi connectivity index (χ2n) is 15.8. The normalized spacial score (nSPS) is 32.0. The molecule has 1 aromatic heterocycles. The van der Waals surface area contributed by atoms with Crippen LogP contribution in [0.25, 0.3) is 10.9 Å². The lowest BCUT2D eigenvalue weighted by Crippen LogP contribution is -2.62. The van der Waals surface area contributed by atoms with Crippen LogP contribution in [0.15, 0.2) is 42.1 Å². The van der Waals surface area contributed by atoms with E-state index in [-0.39, 0.29) is 61.1 Å². The van der Waals surface area contributed by atoms with Gasteiger partial charge in [0.2, 0.25) is 17.6 Å².